The molecule has 3 rings (SSSR count). The molecule has 0 bridgehead atoms. The zero-order valence-corrected chi connectivity index (χ0v) is 16.9. The van der Waals surface area contributed by atoms with E-state index in [-0.39, 0.29) is 25.1 Å². The van der Waals surface area contributed by atoms with Crippen molar-refractivity contribution in [3.63, 3.8) is 0 Å². The van der Waals surface area contributed by atoms with Gasteiger partial charge in [-0.3, -0.25) is 0 Å². The van der Waals surface area contributed by atoms with Gasteiger partial charge in [-0.05, 0) is 42.0 Å². The van der Waals surface area contributed by atoms with Crippen LogP contribution in [0.4, 0.5) is 0 Å². The lowest BCUT2D eigenvalue weighted by Gasteiger charge is -2.30. The van der Waals surface area contributed by atoms with Gasteiger partial charge in [-0.1, -0.05) is 56.3 Å². The molecule has 0 saturated carbocycles. The topological polar surface area (TPSA) is 64.7 Å². The number of halogens is 1. The van der Waals surface area contributed by atoms with Gasteiger partial charge in [-0.2, -0.15) is 0 Å². The van der Waals surface area contributed by atoms with Gasteiger partial charge < -0.3 is 20.3 Å². The predicted octanol–water partition coefficient (Wildman–Crippen LogP) is 5.71. The predicted molar refractivity (Wildman–Crippen MR) is 115 cm³/mol. The number of aliphatic hydroxyl groups is 1. The minimum Gasteiger partial charge on any atom is -0.453 e. The minimum absolute atomic E-state index is 0. The van der Waals surface area contributed by atoms with Gasteiger partial charge in [0, 0.05) is 18.1 Å². The fourth-order valence-electron chi connectivity index (χ4n) is 2.66. The lowest BCUT2D eigenvalue weighted by molar-refractivity contribution is 0.132. The fraction of sp³-hybridized carbons (Fsp3) is 0.217. The van der Waals surface area contributed by atoms with E-state index in [1.54, 1.807) is 0 Å². The molecule has 3 aromatic rings. The van der Waals surface area contributed by atoms with Crippen molar-refractivity contribution in [2.75, 3.05) is 6.61 Å². The number of para-hydroxylation sites is 2. The third-order valence-corrected chi connectivity index (χ3v) is 4.52. The van der Waals surface area contributed by atoms with Crippen LogP contribution in [0.3, 0.4) is 0 Å². The Bertz CT molecular complexity index is 870. The first kappa shape index (κ1) is 21.8. The second-order valence-electron chi connectivity index (χ2n) is 7.16. The molecule has 3 N–H and O–H groups in total. The molecule has 0 radical (unpaired) electrons. The van der Waals surface area contributed by atoms with Crippen molar-refractivity contribution in [2.45, 2.75) is 19.9 Å². The number of rotatable bonds is 7. The van der Waals surface area contributed by atoms with E-state index in [2.05, 4.69) is 0 Å². The summed E-state index contributed by atoms with van der Waals surface area (Å²) in [7, 11) is 0. The average molecular weight is 400 g/mol. The van der Waals surface area contributed by atoms with E-state index < -0.39 is 5.41 Å². The normalized spacial score (nSPS) is 12.0. The molecule has 3 aromatic carbocycles. The molecule has 0 aliphatic rings. The maximum atomic E-state index is 9.64. The molecule has 28 heavy (non-hydrogen) atoms. The zero-order valence-electron chi connectivity index (χ0n) is 16.0. The van der Waals surface area contributed by atoms with E-state index in [0.717, 1.165) is 11.3 Å². The van der Waals surface area contributed by atoms with E-state index in [0.29, 0.717) is 17.2 Å². The van der Waals surface area contributed by atoms with Gasteiger partial charge in [0.2, 0.25) is 0 Å². The van der Waals surface area contributed by atoms with Gasteiger partial charge in [0.05, 0.1) is 0 Å². The van der Waals surface area contributed by atoms with Gasteiger partial charge in [0.1, 0.15) is 11.5 Å². The molecule has 0 heterocycles. The molecule has 5 heteroatoms. The average Bonchev–Trinajstić information content (AvgIpc) is 2.70. The van der Waals surface area contributed by atoms with Gasteiger partial charge in [-0.25, -0.2) is 0 Å². The van der Waals surface area contributed by atoms with Crippen LogP contribution in [0.5, 0.6) is 23.0 Å². The lowest BCUT2D eigenvalue weighted by atomic mass is 9.82. The standard InChI is InChI=1S/C23H25NO3.ClH/c1-23(2,16-25)22(24)17-13-14-20(26-18-9-5-3-6-10-18)21(15-17)27-19-11-7-4-8-12-19;/h3-15,22,25H,16,24H2,1-2H3;1H/t22-;/m0./s1. The van der Waals surface area contributed by atoms with Crippen LogP contribution in [0.15, 0.2) is 78.9 Å². The van der Waals surface area contributed by atoms with Crippen LogP contribution in [-0.2, 0) is 0 Å². The summed E-state index contributed by atoms with van der Waals surface area (Å²) in [4.78, 5) is 0. The molecule has 0 aromatic heterocycles. The van der Waals surface area contributed by atoms with Gasteiger partial charge in [0.15, 0.2) is 11.5 Å². The minimum atomic E-state index is -0.453. The van der Waals surface area contributed by atoms with Crippen molar-refractivity contribution in [3.8, 4) is 23.0 Å². The number of hydrogen-bond donors (Lipinski definition) is 2. The van der Waals surface area contributed by atoms with Crippen LogP contribution in [0.2, 0.25) is 0 Å². The summed E-state index contributed by atoms with van der Waals surface area (Å²) in [6.45, 7) is 3.86. The molecule has 0 amide bonds. The van der Waals surface area contributed by atoms with Crippen molar-refractivity contribution in [3.05, 3.63) is 84.4 Å². The summed E-state index contributed by atoms with van der Waals surface area (Å²) in [6.07, 6.45) is 0. The second-order valence-corrected chi connectivity index (χ2v) is 7.16. The highest BCUT2D eigenvalue weighted by atomic mass is 35.5. The smallest absolute Gasteiger partial charge is 0.170 e. The Balaban J connectivity index is 0.00000280. The number of benzene rings is 3. The first-order chi connectivity index (χ1) is 13.0. The Morgan fingerprint density at radius 1 is 0.821 bits per heavy atom. The molecule has 4 nitrogen and oxygen atoms in total. The quantitative estimate of drug-likeness (QED) is 0.534. The van der Waals surface area contributed by atoms with Crippen molar-refractivity contribution in [2.24, 2.45) is 11.1 Å². The van der Waals surface area contributed by atoms with Crippen molar-refractivity contribution >= 4 is 12.4 Å². The van der Waals surface area contributed by atoms with Crippen molar-refractivity contribution < 1.29 is 14.6 Å². The SMILES string of the molecule is CC(C)(CO)[C@@H](N)c1ccc(Oc2ccccc2)c(Oc2ccccc2)c1.Cl. The molecular formula is C23H26ClNO3. The Hall–Kier alpha value is -2.53. The van der Waals surface area contributed by atoms with Crippen LogP contribution in [0.1, 0.15) is 25.5 Å². The van der Waals surface area contributed by atoms with E-state index in [1.807, 2.05) is 92.7 Å². The molecule has 1 atom stereocenters. The van der Waals surface area contributed by atoms with Gasteiger partial charge >= 0.3 is 0 Å². The summed E-state index contributed by atoms with van der Waals surface area (Å²) < 4.78 is 12.1. The molecule has 0 aliphatic heterocycles. The Kier molecular flexibility index (Phi) is 7.46. The highest BCUT2D eigenvalue weighted by molar-refractivity contribution is 5.85. The number of nitrogens with two attached hydrogens (primary N) is 1. The van der Waals surface area contributed by atoms with Gasteiger partial charge in [-0.15, -0.1) is 12.4 Å². The highest BCUT2D eigenvalue weighted by Gasteiger charge is 2.28. The van der Waals surface area contributed by atoms with Crippen LogP contribution in [0, 0.1) is 5.41 Å². The first-order valence-corrected chi connectivity index (χ1v) is 8.96. The molecule has 0 unspecified atom stereocenters. The zero-order chi connectivity index (χ0) is 19.3. The van der Waals surface area contributed by atoms with Crippen LogP contribution in [0.25, 0.3) is 0 Å². The maximum Gasteiger partial charge on any atom is 0.170 e. The van der Waals surface area contributed by atoms with E-state index >= 15 is 0 Å². The largest absolute Gasteiger partial charge is 0.453 e. The van der Waals surface area contributed by atoms with Crippen LogP contribution in [-0.4, -0.2) is 11.7 Å². The third kappa shape index (κ3) is 5.26. The fourth-order valence-corrected chi connectivity index (χ4v) is 2.66. The number of aliphatic hydroxyl groups excluding tert-OH is 1. The summed E-state index contributed by atoms with van der Waals surface area (Å²) in [5, 5.41) is 9.64. The monoisotopic (exact) mass is 399 g/mol. The molecule has 0 saturated heterocycles. The third-order valence-electron chi connectivity index (χ3n) is 4.52. The van der Waals surface area contributed by atoms with Crippen LogP contribution >= 0.6 is 12.4 Å². The molecule has 0 spiro atoms. The van der Waals surface area contributed by atoms with E-state index in [4.69, 9.17) is 15.2 Å². The maximum absolute atomic E-state index is 9.64. The summed E-state index contributed by atoms with van der Waals surface area (Å²) in [6, 6.07) is 24.4. The van der Waals surface area contributed by atoms with E-state index in [9.17, 15) is 5.11 Å². The van der Waals surface area contributed by atoms with E-state index in [1.165, 1.54) is 0 Å². The summed E-state index contributed by atoms with van der Waals surface area (Å²) >= 11 is 0. The van der Waals surface area contributed by atoms with Crippen molar-refractivity contribution in [1.82, 2.24) is 0 Å². The number of ether oxygens (including phenoxy) is 2. The lowest BCUT2D eigenvalue weighted by Crippen LogP contribution is -2.32. The van der Waals surface area contributed by atoms with Crippen molar-refractivity contribution in [1.29, 1.82) is 0 Å². The first-order valence-electron chi connectivity index (χ1n) is 8.96. The van der Waals surface area contributed by atoms with Gasteiger partial charge in [0.25, 0.3) is 0 Å². The number of hydrogen-bond acceptors (Lipinski definition) is 4. The molecular weight excluding hydrogens is 374 g/mol. The summed E-state index contributed by atoms with van der Waals surface area (Å²) in [5.74, 6) is 2.61. The Labute approximate surface area is 172 Å². The van der Waals surface area contributed by atoms with Crippen LogP contribution < -0.4 is 15.2 Å². The second kappa shape index (κ2) is 9.60. The molecule has 148 valence electrons. The molecule has 0 fully saturated rings. The summed E-state index contributed by atoms with van der Waals surface area (Å²) in [5.41, 5.74) is 6.81. The highest BCUT2D eigenvalue weighted by Crippen LogP contribution is 2.39. The Morgan fingerprint density at radius 3 is 1.82 bits per heavy atom. The Morgan fingerprint density at radius 2 is 1.32 bits per heavy atom. The molecule has 0 aliphatic carbocycles.